The molecule has 2 fully saturated rings. The van der Waals surface area contributed by atoms with E-state index >= 15 is 0 Å². The van der Waals surface area contributed by atoms with Gasteiger partial charge in [-0.15, -0.1) is 22.7 Å². The van der Waals surface area contributed by atoms with E-state index in [2.05, 4.69) is 29.3 Å². The molecule has 0 spiro atoms. The molecule has 3 nitrogen and oxygen atoms in total. The first-order chi connectivity index (χ1) is 15.7. The molecule has 32 heavy (non-hydrogen) atoms. The highest BCUT2D eigenvalue weighted by Gasteiger charge is 2.30. The molecule has 2 aliphatic heterocycles. The Balaban J connectivity index is 1.50. The van der Waals surface area contributed by atoms with Gasteiger partial charge in [-0.2, -0.15) is 0 Å². The largest absolute Gasteiger partial charge is 0.377 e. The number of rotatable bonds is 7. The number of fused-ring (bicyclic) bond motifs is 2. The summed E-state index contributed by atoms with van der Waals surface area (Å²) in [7, 11) is 0. The molecule has 0 saturated carbocycles. The lowest BCUT2D eigenvalue weighted by Gasteiger charge is -2.33. The van der Waals surface area contributed by atoms with Gasteiger partial charge in [0.1, 0.15) is 0 Å². The highest BCUT2D eigenvalue weighted by Crippen LogP contribution is 2.45. The van der Waals surface area contributed by atoms with E-state index in [9.17, 15) is 4.79 Å². The second-order valence-corrected chi connectivity index (χ2v) is 11.4. The average Bonchev–Trinajstić information content (AvgIpc) is 3.42. The molecule has 2 atom stereocenters. The van der Waals surface area contributed by atoms with Gasteiger partial charge >= 0.3 is 0 Å². The van der Waals surface area contributed by atoms with Crippen LogP contribution in [0.5, 0.6) is 0 Å². The van der Waals surface area contributed by atoms with Crippen LogP contribution in [0.4, 0.5) is 5.00 Å². The lowest BCUT2D eigenvalue weighted by Crippen LogP contribution is -2.38. The highest BCUT2D eigenvalue weighted by atomic mass is 32.1. The third kappa shape index (κ3) is 4.52. The van der Waals surface area contributed by atoms with Crippen LogP contribution >= 0.6 is 22.7 Å². The van der Waals surface area contributed by atoms with E-state index in [-0.39, 0.29) is 5.78 Å². The van der Waals surface area contributed by atoms with Crippen LogP contribution in [0.3, 0.4) is 0 Å². The Morgan fingerprint density at radius 1 is 1.12 bits per heavy atom. The SMILES string of the molecule is CCCCNc1sc2ccc(C(=O)c3cccs3)cc2c1C1CCC2CCCCN2CC1. The Labute approximate surface area is 199 Å². The number of hydrogen-bond acceptors (Lipinski definition) is 5. The molecular formula is C27H34N2OS2. The van der Waals surface area contributed by atoms with Crippen LogP contribution in [0.15, 0.2) is 35.7 Å². The van der Waals surface area contributed by atoms with Crippen LogP contribution < -0.4 is 5.32 Å². The van der Waals surface area contributed by atoms with Crippen molar-refractivity contribution < 1.29 is 4.79 Å². The predicted molar refractivity (Wildman–Crippen MR) is 139 cm³/mol. The van der Waals surface area contributed by atoms with Gasteiger partial charge in [-0.05, 0) is 98.1 Å². The summed E-state index contributed by atoms with van der Waals surface area (Å²) in [5.74, 6) is 0.725. The number of hydrogen-bond donors (Lipinski definition) is 1. The molecule has 0 aliphatic carbocycles. The van der Waals surface area contributed by atoms with Gasteiger partial charge in [0.2, 0.25) is 5.78 Å². The number of nitrogens with one attached hydrogen (secondary N) is 1. The van der Waals surface area contributed by atoms with Gasteiger partial charge in [-0.3, -0.25) is 4.79 Å². The maximum atomic E-state index is 13.1. The first-order valence-corrected chi connectivity index (χ1v) is 14.1. The quantitative estimate of drug-likeness (QED) is 0.288. The molecule has 4 heterocycles. The smallest absolute Gasteiger partial charge is 0.202 e. The molecule has 1 N–H and O–H groups in total. The molecule has 2 unspecified atom stereocenters. The van der Waals surface area contributed by atoms with Crippen LogP contribution in [-0.4, -0.2) is 36.4 Å². The Bertz CT molecular complexity index is 1040. The van der Waals surface area contributed by atoms with Gasteiger partial charge in [0.25, 0.3) is 0 Å². The number of benzene rings is 1. The molecule has 0 bridgehead atoms. The number of piperidine rings is 1. The Morgan fingerprint density at radius 2 is 2.06 bits per heavy atom. The molecule has 2 saturated heterocycles. The van der Waals surface area contributed by atoms with Gasteiger partial charge in [0.15, 0.2) is 0 Å². The number of carbonyl (C=O) groups excluding carboxylic acids is 1. The van der Waals surface area contributed by atoms with Crippen molar-refractivity contribution >= 4 is 43.5 Å². The number of nitrogens with zero attached hydrogens (tertiary/aromatic N) is 1. The highest BCUT2D eigenvalue weighted by molar-refractivity contribution is 7.23. The molecule has 5 rings (SSSR count). The van der Waals surface area contributed by atoms with E-state index in [1.54, 1.807) is 0 Å². The van der Waals surface area contributed by atoms with Gasteiger partial charge in [-0.25, -0.2) is 0 Å². The molecule has 0 radical (unpaired) electrons. The summed E-state index contributed by atoms with van der Waals surface area (Å²) < 4.78 is 1.31. The fourth-order valence-corrected chi connectivity index (χ4v) is 7.43. The van der Waals surface area contributed by atoms with Crippen molar-refractivity contribution in [2.24, 2.45) is 0 Å². The lowest BCUT2D eigenvalue weighted by atomic mass is 9.89. The number of ketones is 1. The molecule has 170 valence electrons. The second kappa shape index (κ2) is 10.1. The molecule has 1 aromatic carbocycles. The third-order valence-electron chi connectivity index (χ3n) is 7.32. The maximum absolute atomic E-state index is 13.1. The van der Waals surface area contributed by atoms with E-state index in [0.29, 0.717) is 5.92 Å². The molecule has 3 aromatic rings. The fraction of sp³-hybridized carbons (Fsp3) is 0.519. The monoisotopic (exact) mass is 466 g/mol. The summed E-state index contributed by atoms with van der Waals surface area (Å²) in [5.41, 5.74) is 2.31. The summed E-state index contributed by atoms with van der Waals surface area (Å²) in [4.78, 5) is 16.7. The zero-order chi connectivity index (χ0) is 21.9. The fourth-order valence-electron chi connectivity index (χ4n) is 5.55. The second-order valence-electron chi connectivity index (χ2n) is 9.39. The average molecular weight is 467 g/mol. The van der Waals surface area contributed by atoms with Gasteiger partial charge in [0.05, 0.1) is 9.88 Å². The van der Waals surface area contributed by atoms with Crippen LogP contribution in [0, 0.1) is 0 Å². The minimum Gasteiger partial charge on any atom is -0.377 e. The van der Waals surface area contributed by atoms with Crippen LogP contribution in [0.1, 0.15) is 85.0 Å². The normalized spacial score (nSPS) is 21.9. The van der Waals surface area contributed by atoms with E-state index < -0.39 is 0 Å². The topological polar surface area (TPSA) is 32.3 Å². The lowest BCUT2D eigenvalue weighted by molar-refractivity contribution is 0.104. The predicted octanol–water partition coefficient (Wildman–Crippen LogP) is 7.53. The number of carbonyl (C=O) groups is 1. The minimum absolute atomic E-state index is 0.150. The molecule has 0 amide bonds. The molecule has 5 heteroatoms. The summed E-state index contributed by atoms with van der Waals surface area (Å²) in [6.45, 7) is 5.77. The van der Waals surface area contributed by atoms with E-state index in [1.165, 1.54) is 96.4 Å². The van der Waals surface area contributed by atoms with Crippen molar-refractivity contribution in [3.8, 4) is 0 Å². The van der Waals surface area contributed by atoms with E-state index in [0.717, 1.165) is 23.0 Å². The van der Waals surface area contributed by atoms with Crippen molar-refractivity contribution in [1.82, 2.24) is 4.90 Å². The van der Waals surface area contributed by atoms with Gasteiger partial charge < -0.3 is 10.2 Å². The number of thiophene rings is 2. The van der Waals surface area contributed by atoms with Crippen LogP contribution in [0.25, 0.3) is 10.1 Å². The number of unbranched alkanes of at least 4 members (excludes halogenated alkanes) is 1. The Hall–Kier alpha value is -1.69. The first kappa shape index (κ1) is 22.1. The summed E-state index contributed by atoms with van der Waals surface area (Å²) in [6.07, 6.45) is 10.3. The van der Waals surface area contributed by atoms with Crippen molar-refractivity contribution in [1.29, 1.82) is 0 Å². The maximum Gasteiger partial charge on any atom is 0.202 e. The zero-order valence-corrected chi connectivity index (χ0v) is 20.7. The van der Waals surface area contributed by atoms with Crippen molar-refractivity contribution in [3.05, 3.63) is 51.7 Å². The van der Waals surface area contributed by atoms with E-state index in [1.807, 2.05) is 34.9 Å². The molecular weight excluding hydrogens is 432 g/mol. The zero-order valence-electron chi connectivity index (χ0n) is 19.1. The minimum atomic E-state index is 0.150. The first-order valence-electron chi connectivity index (χ1n) is 12.4. The van der Waals surface area contributed by atoms with Crippen molar-refractivity contribution in [3.63, 3.8) is 0 Å². The Morgan fingerprint density at radius 3 is 2.91 bits per heavy atom. The van der Waals surface area contributed by atoms with Crippen LogP contribution in [0.2, 0.25) is 0 Å². The number of anilines is 1. The van der Waals surface area contributed by atoms with Gasteiger partial charge in [-0.1, -0.05) is 25.8 Å². The van der Waals surface area contributed by atoms with E-state index in [4.69, 9.17) is 0 Å². The molecule has 2 aliphatic rings. The summed E-state index contributed by atoms with van der Waals surface area (Å²) >= 11 is 3.42. The van der Waals surface area contributed by atoms with Crippen molar-refractivity contribution in [2.75, 3.05) is 25.0 Å². The summed E-state index contributed by atoms with van der Waals surface area (Å²) in [5, 5.41) is 8.42. The summed E-state index contributed by atoms with van der Waals surface area (Å²) in [6, 6.07) is 11.1. The molecule has 2 aromatic heterocycles. The van der Waals surface area contributed by atoms with Gasteiger partial charge in [0, 0.05) is 22.8 Å². The van der Waals surface area contributed by atoms with Crippen LogP contribution in [-0.2, 0) is 0 Å². The Kier molecular flexibility index (Phi) is 6.96. The standard InChI is InChI=1S/C27H34N2OS2/c1-2-3-14-28-27-25(19-9-11-21-7-4-5-15-29(21)16-13-19)22-18-20(10-12-23(22)32-27)26(30)24-8-6-17-31-24/h6,8,10,12,17-19,21,28H,2-5,7,9,11,13-16H2,1H3. The van der Waals surface area contributed by atoms with Crippen molar-refractivity contribution in [2.45, 2.75) is 70.3 Å². The third-order valence-corrected chi connectivity index (χ3v) is 9.33.